The molecule has 0 unspecified atom stereocenters. The third-order valence-electron chi connectivity index (χ3n) is 4.93. The standard InChI is InChI=1S/C22H22N2O2S/c1-15-6-8-16(9-7-15)14-27-21-19-4-3-5-20(19)24(22(25)23-21)17-10-12-18(26-2)13-11-17/h6-13H,3-5,14H2,1-2H3. The van der Waals surface area contributed by atoms with Crippen molar-refractivity contribution in [2.24, 2.45) is 0 Å². The average molecular weight is 378 g/mol. The maximum Gasteiger partial charge on any atom is 0.353 e. The Kier molecular flexibility index (Phi) is 5.03. The molecule has 0 N–H and O–H groups in total. The van der Waals surface area contributed by atoms with E-state index in [4.69, 9.17) is 4.74 Å². The van der Waals surface area contributed by atoms with Crippen molar-refractivity contribution >= 4 is 11.8 Å². The van der Waals surface area contributed by atoms with Crippen molar-refractivity contribution < 1.29 is 4.74 Å². The van der Waals surface area contributed by atoms with E-state index in [1.807, 2.05) is 24.3 Å². The van der Waals surface area contributed by atoms with Crippen LogP contribution in [0.3, 0.4) is 0 Å². The van der Waals surface area contributed by atoms with Gasteiger partial charge in [-0.3, -0.25) is 4.57 Å². The van der Waals surface area contributed by atoms with Crippen molar-refractivity contribution in [1.29, 1.82) is 0 Å². The molecule has 0 saturated carbocycles. The molecule has 0 atom stereocenters. The van der Waals surface area contributed by atoms with E-state index in [-0.39, 0.29) is 5.69 Å². The quantitative estimate of drug-likeness (QED) is 0.490. The molecule has 0 aliphatic heterocycles. The second-order valence-electron chi connectivity index (χ2n) is 6.79. The predicted octanol–water partition coefficient (Wildman–Crippen LogP) is 4.33. The van der Waals surface area contributed by atoms with Crippen LogP contribution in [-0.2, 0) is 18.6 Å². The summed E-state index contributed by atoms with van der Waals surface area (Å²) in [6, 6.07) is 16.1. The van der Waals surface area contributed by atoms with Gasteiger partial charge >= 0.3 is 5.69 Å². The SMILES string of the molecule is COc1ccc(-n2c3c(c(SCc4ccc(C)cc4)nc2=O)CCC3)cc1. The first-order valence-electron chi connectivity index (χ1n) is 9.13. The van der Waals surface area contributed by atoms with E-state index in [9.17, 15) is 4.79 Å². The Balaban J connectivity index is 1.67. The number of aromatic nitrogens is 2. The molecule has 4 nitrogen and oxygen atoms in total. The molecular weight excluding hydrogens is 356 g/mol. The first-order chi connectivity index (χ1) is 13.2. The van der Waals surface area contributed by atoms with Crippen LogP contribution in [0.5, 0.6) is 5.75 Å². The molecular formula is C22H22N2O2S. The lowest BCUT2D eigenvalue weighted by Crippen LogP contribution is -2.25. The highest BCUT2D eigenvalue weighted by Gasteiger charge is 2.22. The number of thioether (sulfide) groups is 1. The van der Waals surface area contributed by atoms with Gasteiger partial charge in [-0.15, -0.1) is 11.8 Å². The highest BCUT2D eigenvalue weighted by molar-refractivity contribution is 7.98. The van der Waals surface area contributed by atoms with Gasteiger partial charge in [0.15, 0.2) is 0 Å². The highest BCUT2D eigenvalue weighted by atomic mass is 32.2. The van der Waals surface area contributed by atoms with E-state index in [0.29, 0.717) is 0 Å². The van der Waals surface area contributed by atoms with Crippen molar-refractivity contribution in [3.05, 3.63) is 81.4 Å². The van der Waals surface area contributed by atoms with Gasteiger partial charge in [-0.05, 0) is 56.0 Å². The lowest BCUT2D eigenvalue weighted by molar-refractivity contribution is 0.414. The Morgan fingerprint density at radius 3 is 2.52 bits per heavy atom. The number of hydrogen-bond donors (Lipinski definition) is 0. The smallest absolute Gasteiger partial charge is 0.353 e. The summed E-state index contributed by atoms with van der Waals surface area (Å²) in [5.74, 6) is 1.60. The van der Waals surface area contributed by atoms with E-state index in [0.717, 1.165) is 47.2 Å². The highest BCUT2D eigenvalue weighted by Crippen LogP contribution is 2.32. The Bertz CT molecular complexity index is 1010. The first-order valence-corrected chi connectivity index (χ1v) is 10.1. The van der Waals surface area contributed by atoms with E-state index in [1.54, 1.807) is 23.4 Å². The summed E-state index contributed by atoms with van der Waals surface area (Å²) in [6.45, 7) is 2.09. The number of fused-ring (bicyclic) bond motifs is 1. The maximum atomic E-state index is 12.8. The first kappa shape index (κ1) is 17.9. The lowest BCUT2D eigenvalue weighted by atomic mass is 10.2. The normalized spacial score (nSPS) is 12.8. The minimum Gasteiger partial charge on any atom is -0.497 e. The zero-order valence-corrected chi connectivity index (χ0v) is 16.4. The summed E-state index contributed by atoms with van der Waals surface area (Å²) in [7, 11) is 1.64. The molecule has 4 rings (SSSR count). The average Bonchev–Trinajstić information content (AvgIpc) is 3.17. The van der Waals surface area contributed by atoms with E-state index >= 15 is 0 Å². The second kappa shape index (κ2) is 7.61. The van der Waals surface area contributed by atoms with E-state index < -0.39 is 0 Å². The molecule has 0 fully saturated rings. The van der Waals surface area contributed by atoms with Crippen LogP contribution in [0.25, 0.3) is 5.69 Å². The molecule has 1 aromatic heterocycles. The van der Waals surface area contributed by atoms with Crippen molar-refractivity contribution in [1.82, 2.24) is 9.55 Å². The molecule has 1 heterocycles. The Labute approximate surface area is 163 Å². The maximum absolute atomic E-state index is 12.8. The van der Waals surface area contributed by atoms with Crippen molar-refractivity contribution in [2.75, 3.05) is 7.11 Å². The summed E-state index contributed by atoms with van der Waals surface area (Å²) in [5.41, 5.74) is 5.48. The largest absolute Gasteiger partial charge is 0.497 e. The van der Waals surface area contributed by atoms with Gasteiger partial charge in [-0.2, -0.15) is 4.98 Å². The predicted molar refractivity (Wildman–Crippen MR) is 109 cm³/mol. The van der Waals surface area contributed by atoms with Gasteiger partial charge in [0.25, 0.3) is 0 Å². The van der Waals surface area contributed by atoms with Crippen LogP contribution in [0.4, 0.5) is 0 Å². The summed E-state index contributed by atoms with van der Waals surface area (Å²) >= 11 is 1.66. The van der Waals surface area contributed by atoms with Crippen LogP contribution in [-0.4, -0.2) is 16.7 Å². The number of methoxy groups -OCH3 is 1. The van der Waals surface area contributed by atoms with Crippen LogP contribution >= 0.6 is 11.8 Å². The fourth-order valence-corrected chi connectivity index (χ4v) is 4.51. The fourth-order valence-electron chi connectivity index (χ4n) is 3.48. The summed E-state index contributed by atoms with van der Waals surface area (Å²) in [4.78, 5) is 17.3. The van der Waals surface area contributed by atoms with Gasteiger partial charge in [0.1, 0.15) is 10.8 Å². The molecule has 2 aromatic carbocycles. The van der Waals surface area contributed by atoms with Gasteiger partial charge in [0, 0.05) is 17.0 Å². The number of aryl methyl sites for hydroxylation is 1. The summed E-state index contributed by atoms with van der Waals surface area (Å²) < 4.78 is 6.98. The molecule has 0 saturated heterocycles. The molecule has 0 bridgehead atoms. The summed E-state index contributed by atoms with van der Waals surface area (Å²) in [6.07, 6.45) is 2.96. The van der Waals surface area contributed by atoms with Crippen LogP contribution in [0.1, 0.15) is 28.8 Å². The minimum absolute atomic E-state index is 0.202. The molecule has 1 aliphatic carbocycles. The number of rotatable bonds is 5. The molecule has 5 heteroatoms. The number of ether oxygens (including phenoxy) is 1. The fraction of sp³-hybridized carbons (Fsp3) is 0.273. The van der Waals surface area contributed by atoms with Gasteiger partial charge < -0.3 is 4.74 Å². The van der Waals surface area contributed by atoms with Crippen LogP contribution in [0.2, 0.25) is 0 Å². The van der Waals surface area contributed by atoms with Gasteiger partial charge in [-0.25, -0.2) is 4.79 Å². The zero-order chi connectivity index (χ0) is 18.8. The molecule has 0 amide bonds. The van der Waals surface area contributed by atoms with Gasteiger partial charge in [-0.1, -0.05) is 29.8 Å². The van der Waals surface area contributed by atoms with E-state index in [1.165, 1.54) is 16.7 Å². The van der Waals surface area contributed by atoms with E-state index in [2.05, 4.69) is 36.2 Å². The topological polar surface area (TPSA) is 44.1 Å². The van der Waals surface area contributed by atoms with Crippen molar-refractivity contribution in [2.45, 2.75) is 37.0 Å². The summed E-state index contributed by atoms with van der Waals surface area (Å²) in [5, 5.41) is 0.887. The second-order valence-corrected chi connectivity index (χ2v) is 7.75. The molecule has 1 aliphatic rings. The van der Waals surface area contributed by atoms with Gasteiger partial charge in [0.2, 0.25) is 0 Å². The molecule has 0 spiro atoms. The third kappa shape index (κ3) is 3.65. The number of nitrogens with zero attached hydrogens (tertiary/aromatic N) is 2. The third-order valence-corrected chi connectivity index (χ3v) is 6.02. The lowest BCUT2D eigenvalue weighted by Gasteiger charge is -2.14. The minimum atomic E-state index is -0.202. The number of hydrogen-bond acceptors (Lipinski definition) is 4. The van der Waals surface area contributed by atoms with Crippen molar-refractivity contribution in [3.8, 4) is 11.4 Å². The van der Waals surface area contributed by atoms with Crippen molar-refractivity contribution in [3.63, 3.8) is 0 Å². The molecule has 27 heavy (non-hydrogen) atoms. The van der Waals surface area contributed by atoms with Gasteiger partial charge in [0.05, 0.1) is 12.8 Å². The Hall–Kier alpha value is -2.53. The number of benzene rings is 2. The van der Waals surface area contributed by atoms with Crippen LogP contribution in [0, 0.1) is 6.92 Å². The molecule has 0 radical (unpaired) electrons. The Morgan fingerprint density at radius 2 is 1.81 bits per heavy atom. The molecule has 138 valence electrons. The van der Waals surface area contributed by atoms with Crippen LogP contribution in [0.15, 0.2) is 58.4 Å². The zero-order valence-electron chi connectivity index (χ0n) is 15.6. The Morgan fingerprint density at radius 1 is 1.07 bits per heavy atom. The molecule has 3 aromatic rings. The van der Waals surface area contributed by atoms with Crippen LogP contribution < -0.4 is 10.4 Å². The monoisotopic (exact) mass is 378 g/mol.